The average Bonchev–Trinajstić information content (AvgIpc) is 2.57. The van der Waals surface area contributed by atoms with Crippen molar-refractivity contribution in [2.24, 2.45) is 0 Å². The topological polar surface area (TPSA) is 51.3 Å². The van der Waals surface area contributed by atoms with E-state index in [1.807, 2.05) is 6.92 Å². The molecule has 1 aromatic heterocycles. The number of ether oxygens (including phenoxy) is 2. The van der Waals surface area contributed by atoms with Gasteiger partial charge in [0.05, 0.1) is 18.9 Å². The maximum absolute atomic E-state index is 12.9. The van der Waals surface area contributed by atoms with Crippen LogP contribution in [0.1, 0.15) is 81.2 Å². The number of aryl methyl sites for hydroxylation is 1. The van der Waals surface area contributed by atoms with Crippen LogP contribution >= 0.6 is 0 Å². The molecule has 0 fully saturated rings. The lowest BCUT2D eigenvalue weighted by atomic mass is 9.80. The Morgan fingerprint density at radius 1 is 1.12 bits per heavy atom. The number of fused-ring (bicyclic) bond motifs is 1. The van der Waals surface area contributed by atoms with Gasteiger partial charge in [-0.25, -0.2) is 0 Å². The number of nitrogens with one attached hydrogen (secondary N) is 1. The first-order valence-corrected chi connectivity index (χ1v) is 9.44. The molecule has 0 bridgehead atoms. The molecule has 0 spiro atoms. The van der Waals surface area contributed by atoms with Crippen molar-refractivity contribution in [3.05, 3.63) is 27.2 Å². The predicted molar refractivity (Wildman–Crippen MR) is 98.2 cm³/mol. The zero-order valence-electron chi connectivity index (χ0n) is 15.7. The molecule has 1 aromatic rings. The molecular formula is C20H33NO3. The van der Waals surface area contributed by atoms with Crippen molar-refractivity contribution < 1.29 is 9.47 Å². The highest BCUT2D eigenvalue weighted by atomic mass is 16.5. The summed E-state index contributed by atoms with van der Waals surface area (Å²) in [5.74, 6) is 0.751. The van der Waals surface area contributed by atoms with Gasteiger partial charge in [0.1, 0.15) is 0 Å². The highest BCUT2D eigenvalue weighted by molar-refractivity contribution is 5.39. The molecule has 136 valence electrons. The molecule has 0 radical (unpaired) electrons. The smallest absolute Gasteiger partial charge is 0.227 e. The zero-order valence-corrected chi connectivity index (χ0v) is 15.7. The van der Waals surface area contributed by atoms with Crippen LogP contribution in [0.25, 0.3) is 0 Å². The van der Waals surface area contributed by atoms with E-state index in [4.69, 9.17) is 9.47 Å². The van der Waals surface area contributed by atoms with E-state index in [0.29, 0.717) is 5.75 Å². The zero-order chi connectivity index (χ0) is 17.5. The lowest BCUT2D eigenvalue weighted by Gasteiger charge is -2.31. The predicted octanol–water partition coefficient (Wildman–Crippen LogP) is 4.49. The Morgan fingerprint density at radius 2 is 1.83 bits per heavy atom. The minimum Gasteiger partial charge on any atom is -0.491 e. The number of aromatic nitrogens is 1. The van der Waals surface area contributed by atoms with Crippen molar-refractivity contribution in [2.75, 3.05) is 14.2 Å². The first-order chi connectivity index (χ1) is 11.6. The maximum atomic E-state index is 12.9. The van der Waals surface area contributed by atoms with E-state index < -0.39 is 0 Å². The fourth-order valence-electron chi connectivity index (χ4n) is 3.98. The van der Waals surface area contributed by atoms with Gasteiger partial charge in [-0.15, -0.1) is 0 Å². The molecule has 4 heteroatoms. The van der Waals surface area contributed by atoms with Crippen molar-refractivity contribution in [1.29, 1.82) is 0 Å². The van der Waals surface area contributed by atoms with Crippen molar-refractivity contribution in [3.63, 3.8) is 0 Å². The third-order valence-electron chi connectivity index (χ3n) is 5.29. The van der Waals surface area contributed by atoms with Gasteiger partial charge in [-0.1, -0.05) is 45.4 Å². The molecule has 24 heavy (non-hydrogen) atoms. The van der Waals surface area contributed by atoms with E-state index in [1.165, 1.54) is 38.5 Å². The van der Waals surface area contributed by atoms with Crippen LogP contribution in [-0.2, 0) is 11.2 Å². The summed E-state index contributed by atoms with van der Waals surface area (Å²) in [6, 6.07) is 0. The lowest BCUT2D eigenvalue weighted by molar-refractivity contribution is 0.0800. The molecule has 1 aliphatic carbocycles. The SMILES string of the molecule is CCCCCCCC[C@@H]1C[C@H](OC)Cc2[nH]c(C)c(OC)c(=O)c21. The lowest BCUT2D eigenvalue weighted by Crippen LogP contribution is -2.31. The van der Waals surface area contributed by atoms with Crippen molar-refractivity contribution in [1.82, 2.24) is 4.98 Å². The van der Waals surface area contributed by atoms with Crippen LogP contribution in [-0.4, -0.2) is 25.3 Å². The second kappa shape index (κ2) is 9.26. The fourth-order valence-corrected chi connectivity index (χ4v) is 3.98. The molecule has 1 N–H and O–H groups in total. The molecule has 0 unspecified atom stereocenters. The monoisotopic (exact) mass is 335 g/mol. The molecule has 1 heterocycles. The summed E-state index contributed by atoms with van der Waals surface area (Å²) in [6.07, 6.45) is 10.7. The Labute approximate surface area is 146 Å². The summed E-state index contributed by atoms with van der Waals surface area (Å²) in [7, 11) is 3.35. The normalized spacial score (nSPS) is 20.0. The van der Waals surface area contributed by atoms with E-state index >= 15 is 0 Å². The molecule has 0 saturated heterocycles. The third kappa shape index (κ3) is 4.41. The second-order valence-corrected chi connectivity index (χ2v) is 7.06. The molecule has 2 atom stereocenters. The Morgan fingerprint density at radius 3 is 2.50 bits per heavy atom. The fraction of sp³-hybridized carbons (Fsp3) is 0.750. The molecular weight excluding hydrogens is 302 g/mol. The molecule has 2 rings (SSSR count). The van der Waals surface area contributed by atoms with Crippen LogP contribution in [0.4, 0.5) is 0 Å². The van der Waals surface area contributed by atoms with E-state index in [9.17, 15) is 4.79 Å². The van der Waals surface area contributed by atoms with Crippen LogP contribution < -0.4 is 10.2 Å². The second-order valence-electron chi connectivity index (χ2n) is 7.06. The van der Waals surface area contributed by atoms with Crippen LogP contribution in [0.15, 0.2) is 4.79 Å². The van der Waals surface area contributed by atoms with E-state index in [2.05, 4.69) is 11.9 Å². The minimum atomic E-state index is 0.0780. The number of H-pyrrole nitrogens is 1. The number of methoxy groups -OCH3 is 2. The van der Waals surface area contributed by atoms with Gasteiger partial charge < -0.3 is 14.5 Å². The average molecular weight is 335 g/mol. The highest BCUT2D eigenvalue weighted by Crippen LogP contribution is 2.35. The quantitative estimate of drug-likeness (QED) is 0.677. The van der Waals surface area contributed by atoms with Gasteiger partial charge in [0.15, 0.2) is 5.75 Å². The van der Waals surface area contributed by atoms with Crippen molar-refractivity contribution in [3.8, 4) is 5.75 Å². The van der Waals surface area contributed by atoms with Gasteiger partial charge in [0, 0.05) is 24.8 Å². The number of pyridine rings is 1. The minimum absolute atomic E-state index is 0.0780. The summed E-state index contributed by atoms with van der Waals surface area (Å²) in [4.78, 5) is 16.3. The number of hydrogen-bond acceptors (Lipinski definition) is 3. The summed E-state index contributed by atoms with van der Waals surface area (Å²) >= 11 is 0. The van der Waals surface area contributed by atoms with E-state index in [0.717, 1.165) is 36.2 Å². The van der Waals surface area contributed by atoms with E-state index in [1.54, 1.807) is 14.2 Å². The van der Waals surface area contributed by atoms with Gasteiger partial charge in [0.2, 0.25) is 5.43 Å². The number of hydrogen-bond donors (Lipinski definition) is 1. The molecule has 0 saturated carbocycles. The summed E-state index contributed by atoms with van der Waals surface area (Å²) in [5, 5.41) is 0. The Balaban J connectivity index is 2.13. The van der Waals surface area contributed by atoms with Crippen LogP contribution in [0.3, 0.4) is 0 Å². The summed E-state index contributed by atoms with van der Waals surface area (Å²) in [6.45, 7) is 4.14. The molecule has 4 nitrogen and oxygen atoms in total. The number of aromatic amines is 1. The maximum Gasteiger partial charge on any atom is 0.227 e. The molecule has 1 aliphatic rings. The van der Waals surface area contributed by atoms with Crippen LogP contribution in [0, 0.1) is 6.92 Å². The van der Waals surface area contributed by atoms with Crippen molar-refractivity contribution >= 4 is 0 Å². The number of unbranched alkanes of at least 4 members (excludes halogenated alkanes) is 5. The van der Waals surface area contributed by atoms with Crippen molar-refractivity contribution in [2.45, 2.75) is 83.7 Å². The Hall–Kier alpha value is -1.29. The Kier molecular flexibility index (Phi) is 7.35. The highest BCUT2D eigenvalue weighted by Gasteiger charge is 2.31. The summed E-state index contributed by atoms with van der Waals surface area (Å²) < 4.78 is 11.0. The largest absolute Gasteiger partial charge is 0.491 e. The molecule has 0 aromatic carbocycles. The van der Waals surface area contributed by atoms with Gasteiger partial charge in [-0.05, 0) is 25.7 Å². The first-order valence-electron chi connectivity index (χ1n) is 9.44. The van der Waals surface area contributed by atoms with Gasteiger partial charge in [0.25, 0.3) is 0 Å². The van der Waals surface area contributed by atoms with Crippen LogP contribution in [0.2, 0.25) is 0 Å². The summed E-state index contributed by atoms with van der Waals surface area (Å²) in [5.41, 5.74) is 2.89. The van der Waals surface area contributed by atoms with Gasteiger partial charge >= 0.3 is 0 Å². The molecule has 0 amide bonds. The Bertz CT molecular complexity index is 579. The van der Waals surface area contributed by atoms with Gasteiger partial charge in [-0.2, -0.15) is 0 Å². The first kappa shape index (κ1) is 19.0. The van der Waals surface area contributed by atoms with Gasteiger partial charge in [-0.3, -0.25) is 4.79 Å². The van der Waals surface area contributed by atoms with E-state index in [-0.39, 0.29) is 17.5 Å². The van der Waals surface area contributed by atoms with Crippen LogP contribution in [0.5, 0.6) is 5.75 Å². The third-order valence-corrected chi connectivity index (χ3v) is 5.29. The molecule has 0 aliphatic heterocycles. The number of rotatable bonds is 9. The standard InChI is InChI=1S/C20H33NO3/c1-5-6-7-8-9-10-11-15-12-16(23-3)13-17-18(15)19(22)20(24-4)14(2)21-17/h15-16H,5-13H2,1-4H3,(H,21,22)/t15-,16+/m1/s1.